The minimum atomic E-state index is -4.52. The summed E-state index contributed by atoms with van der Waals surface area (Å²) < 4.78 is 46.6. The molecule has 3 aliphatic rings. The van der Waals surface area contributed by atoms with Crippen LogP contribution in [-0.2, 0) is 10.9 Å². The van der Waals surface area contributed by atoms with Crippen molar-refractivity contribution in [3.05, 3.63) is 71.6 Å². The normalized spacial score (nSPS) is 20.4. The highest BCUT2D eigenvalue weighted by Gasteiger charge is 2.34. The van der Waals surface area contributed by atoms with Gasteiger partial charge in [-0.3, -0.25) is 5.01 Å². The predicted octanol–water partition coefficient (Wildman–Crippen LogP) is 3.57. The Morgan fingerprint density at radius 3 is 2.70 bits per heavy atom. The number of hydrogen-bond acceptors (Lipinski definition) is 7. The van der Waals surface area contributed by atoms with Crippen molar-refractivity contribution in [3.8, 4) is 11.4 Å². The molecule has 33 heavy (non-hydrogen) atoms. The van der Waals surface area contributed by atoms with Crippen LogP contribution in [0.5, 0.6) is 0 Å². The zero-order chi connectivity index (χ0) is 23.0. The molecule has 7 nitrogen and oxygen atoms in total. The van der Waals surface area contributed by atoms with Crippen molar-refractivity contribution in [1.82, 2.24) is 20.4 Å². The standard InChI is InChI=1S/C23H23F3N6O/c1-31-22(16-7-3-5-9-18(16)30-31)28-19-14-20(32-10-12-33-13-11-32)29-21(27-19)15-6-2-4-8-17(15)23(24,25)26/h2-9,14,18,30H,10-13H2,1H3,(H,27,28,29). The molecule has 1 aromatic carbocycles. The van der Waals surface area contributed by atoms with E-state index in [9.17, 15) is 13.2 Å². The number of hydrogen-bond donors (Lipinski definition) is 2. The summed E-state index contributed by atoms with van der Waals surface area (Å²) in [6.07, 6.45) is 3.41. The van der Waals surface area contributed by atoms with Gasteiger partial charge < -0.3 is 15.0 Å². The highest BCUT2D eigenvalue weighted by molar-refractivity contribution is 5.66. The van der Waals surface area contributed by atoms with Crippen LogP contribution in [0.2, 0.25) is 0 Å². The number of allylic oxidation sites excluding steroid dienone is 2. The summed E-state index contributed by atoms with van der Waals surface area (Å²) in [6.45, 7) is 2.26. The number of morpholine rings is 1. The number of halogens is 3. The third-order valence-electron chi connectivity index (χ3n) is 5.73. The summed E-state index contributed by atoms with van der Waals surface area (Å²) in [5.74, 6) is 1.77. The molecule has 1 aromatic heterocycles. The molecule has 0 saturated carbocycles. The number of fused-ring (bicyclic) bond motifs is 1. The highest BCUT2D eigenvalue weighted by Crippen LogP contribution is 2.37. The Balaban J connectivity index is 1.59. The number of hydrazine groups is 1. The van der Waals surface area contributed by atoms with Gasteiger partial charge in [0.1, 0.15) is 17.5 Å². The van der Waals surface area contributed by atoms with Crippen molar-refractivity contribution in [2.45, 2.75) is 12.2 Å². The van der Waals surface area contributed by atoms with E-state index in [1.54, 1.807) is 12.1 Å². The fourth-order valence-corrected chi connectivity index (χ4v) is 4.12. The Hall–Kier alpha value is -3.37. The largest absolute Gasteiger partial charge is 0.417 e. The van der Waals surface area contributed by atoms with Gasteiger partial charge in [0.05, 0.1) is 24.8 Å². The number of rotatable bonds is 4. The maximum atomic E-state index is 13.7. The molecule has 0 radical (unpaired) electrons. The van der Waals surface area contributed by atoms with Gasteiger partial charge in [-0.25, -0.2) is 15.4 Å². The summed E-state index contributed by atoms with van der Waals surface area (Å²) in [5.41, 5.74) is 3.51. The van der Waals surface area contributed by atoms with Crippen molar-refractivity contribution in [2.75, 3.05) is 43.6 Å². The van der Waals surface area contributed by atoms with Gasteiger partial charge in [0.2, 0.25) is 0 Å². The summed E-state index contributed by atoms with van der Waals surface area (Å²) in [6, 6.07) is 7.17. The monoisotopic (exact) mass is 456 g/mol. The first-order valence-electron chi connectivity index (χ1n) is 10.6. The minimum Gasteiger partial charge on any atom is -0.378 e. The summed E-state index contributed by atoms with van der Waals surface area (Å²) in [5, 5.41) is 5.15. The van der Waals surface area contributed by atoms with Crippen LogP contribution in [0.25, 0.3) is 11.4 Å². The van der Waals surface area contributed by atoms with E-state index >= 15 is 0 Å². The zero-order valence-corrected chi connectivity index (χ0v) is 17.9. The summed E-state index contributed by atoms with van der Waals surface area (Å²) >= 11 is 0. The first-order valence-corrected chi connectivity index (χ1v) is 10.6. The molecule has 1 fully saturated rings. The fraction of sp³-hybridized carbons (Fsp3) is 0.304. The molecular weight excluding hydrogens is 433 g/mol. The molecule has 172 valence electrons. The third-order valence-corrected chi connectivity index (χ3v) is 5.73. The van der Waals surface area contributed by atoms with Gasteiger partial charge in [-0.05, 0) is 6.07 Å². The van der Waals surface area contributed by atoms with Crippen molar-refractivity contribution in [2.24, 2.45) is 0 Å². The molecule has 1 unspecified atom stereocenters. The quantitative estimate of drug-likeness (QED) is 0.729. The van der Waals surface area contributed by atoms with Gasteiger partial charge >= 0.3 is 6.18 Å². The molecule has 3 heterocycles. The predicted molar refractivity (Wildman–Crippen MR) is 119 cm³/mol. The van der Waals surface area contributed by atoms with Crippen LogP contribution in [0.15, 0.2) is 66.0 Å². The second-order valence-corrected chi connectivity index (χ2v) is 7.92. The van der Waals surface area contributed by atoms with Crippen LogP contribution >= 0.6 is 0 Å². The lowest BCUT2D eigenvalue weighted by atomic mass is 10.0. The van der Waals surface area contributed by atoms with E-state index in [0.29, 0.717) is 37.9 Å². The van der Waals surface area contributed by atoms with Crippen LogP contribution in [0.1, 0.15) is 5.56 Å². The molecule has 10 heteroatoms. The number of aromatic nitrogens is 2. The van der Waals surface area contributed by atoms with Crippen molar-refractivity contribution in [3.63, 3.8) is 0 Å². The van der Waals surface area contributed by atoms with E-state index in [1.165, 1.54) is 12.1 Å². The first-order chi connectivity index (χ1) is 15.9. The lowest BCUT2D eigenvalue weighted by Crippen LogP contribution is -2.37. The maximum Gasteiger partial charge on any atom is 0.417 e. The topological polar surface area (TPSA) is 65.5 Å². The molecule has 2 aromatic rings. The van der Waals surface area contributed by atoms with E-state index < -0.39 is 11.7 Å². The molecule has 1 aliphatic carbocycles. The van der Waals surface area contributed by atoms with Crippen LogP contribution < -0.4 is 15.6 Å². The molecular formula is C23H23F3N6O. The zero-order valence-electron chi connectivity index (χ0n) is 17.9. The van der Waals surface area contributed by atoms with Gasteiger partial charge in [0.25, 0.3) is 0 Å². The fourth-order valence-electron chi connectivity index (χ4n) is 4.12. The van der Waals surface area contributed by atoms with E-state index in [4.69, 9.17) is 4.74 Å². The molecule has 5 rings (SSSR count). The number of nitrogens with zero attached hydrogens (tertiary/aromatic N) is 4. The van der Waals surface area contributed by atoms with Crippen LogP contribution in [0.3, 0.4) is 0 Å². The number of nitrogens with one attached hydrogen (secondary N) is 2. The Bertz CT molecular complexity index is 1140. The highest BCUT2D eigenvalue weighted by atomic mass is 19.4. The van der Waals surface area contributed by atoms with Crippen LogP contribution in [0.4, 0.5) is 24.8 Å². The molecule has 0 amide bonds. The van der Waals surface area contributed by atoms with Gasteiger partial charge in [-0.1, -0.05) is 42.5 Å². The van der Waals surface area contributed by atoms with Gasteiger partial charge in [-0.15, -0.1) is 0 Å². The molecule has 2 aliphatic heterocycles. The number of alkyl halides is 3. The Morgan fingerprint density at radius 2 is 1.91 bits per heavy atom. The van der Waals surface area contributed by atoms with Gasteiger partial charge in [0, 0.05) is 37.3 Å². The average Bonchev–Trinajstić information content (AvgIpc) is 3.14. The second kappa shape index (κ2) is 8.53. The molecule has 1 saturated heterocycles. The van der Waals surface area contributed by atoms with Crippen LogP contribution in [0, 0.1) is 0 Å². The van der Waals surface area contributed by atoms with E-state index in [2.05, 4.69) is 20.7 Å². The molecule has 0 spiro atoms. The molecule has 1 atom stereocenters. The summed E-state index contributed by atoms with van der Waals surface area (Å²) in [7, 11) is 1.87. The lowest BCUT2D eigenvalue weighted by molar-refractivity contribution is -0.137. The van der Waals surface area contributed by atoms with Crippen LogP contribution in [-0.4, -0.2) is 54.4 Å². The van der Waals surface area contributed by atoms with Gasteiger partial charge in [0.15, 0.2) is 5.82 Å². The van der Waals surface area contributed by atoms with E-state index in [-0.39, 0.29) is 17.4 Å². The van der Waals surface area contributed by atoms with Crippen molar-refractivity contribution < 1.29 is 17.9 Å². The van der Waals surface area contributed by atoms with Crippen molar-refractivity contribution >= 4 is 11.6 Å². The lowest BCUT2D eigenvalue weighted by Gasteiger charge is -2.28. The van der Waals surface area contributed by atoms with E-state index in [0.717, 1.165) is 17.5 Å². The number of ether oxygens (including phenoxy) is 1. The average molecular weight is 456 g/mol. The molecule has 0 bridgehead atoms. The Morgan fingerprint density at radius 1 is 1.12 bits per heavy atom. The smallest absolute Gasteiger partial charge is 0.378 e. The first kappa shape index (κ1) is 21.5. The Kier molecular flexibility index (Phi) is 5.55. The molecule has 2 N–H and O–H groups in total. The Labute approximate surface area is 189 Å². The maximum absolute atomic E-state index is 13.7. The van der Waals surface area contributed by atoms with Crippen molar-refractivity contribution in [1.29, 1.82) is 0 Å². The minimum absolute atomic E-state index is 0.0178. The second-order valence-electron chi connectivity index (χ2n) is 7.92. The van der Waals surface area contributed by atoms with Gasteiger partial charge in [-0.2, -0.15) is 13.2 Å². The summed E-state index contributed by atoms with van der Waals surface area (Å²) in [4.78, 5) is 11.0. The van der Waals surface area contributed by atoms with E-state index in [1.807, 2.05) is 41.3 Å². The number of anilines is 2. The third kappa shape index (κ3) is 4.31. The number of benzene rings is 1. The SMILES string of the molecule is CN1NC2C=CC=CC2=C1Nc1cc(N2CCOCC2)nc(-c2ccccc2C(F)(F)F)n1.